The van der Waals surface area contributed by atoms with Crippen molar-refractivity contribution in [1.82, 2.24) is 45.1 Å². The summed E-state index contributed by atoms with van der Waals surface area (Å²) in [6, 6.07) is 16.3. The van der Waals surface area contributed by atoms with Crippen LogP contribution in [-0.4, -0.2) is 250 Å². The first kappa shape index (κ1) is 87.1. The van der Waals surface area contributed by atoms with Crippen molar-refractivity contribution in [1.29, 1.82) is 0 Å². The van der Waals surface area contributed by atoms with Crippen LogP contribution in [0.1, 0.15) is 141 Å². The average molecular weight is 1700 g/mol. The first-order chi connectivity index (χ1) is 56.8. The number of aliphatic hydroxyl groups is 3. The minimum Gasteiger partial charge on any atom is -0.479 e. The van der Waals surface area contributed by atoms with Gasteiger partial charge in [-0.25, -0.2) is 24.4 Å². The first-order valence-electron chi connectivity index (χ1n) is 39.8. The van der Waals surface area contributed by atoms with Gasteiger partial charge in [-0.1, -0.05) is 69.4 Å². The van der Waals surface area contributed by atoms with Crippen LogP contribution >= 0.6 is 11.3 Å². The third-order valence-corrected chi connectivity index (χ3v) is 25.5. The number of aliphatic hydroxyl groups excluding tert-OH is 3. The number of anilines is 3. The van der Waals surface area contributed by atoms with Gasteiger partial charge in [-0.2, -0.15) is 13.5 Å². The summed E-state index contributed by atoms with van der Waals surface area (Å²) in [5.74, 6) is -9.64. The molecule has 3 aromatic carbocycles. The van der Waals surface area contributed by atoms with E-state index in [1.165, 1.54) is 41.4 Å². The molecule has 8 aliphatic rings. The van der Waals surface area contributed by atoms with Crippen molar-refractivity contribution in [3.8, 4) is 11.1 Å². The van der Waals surface area contributed by atoms with Gasteiger partial charge >= 0.3 is 18.0 Å². The highest BCUT2D eigenvalue weighted by atomic mass is 32.2. The lowest BCUT2D eigenvalue weighted by Crippen LogP contribution is -2.64. The van der Waals surface area contributed by atoms with Gasteiger partial charge < -0.3 is 80.9 Å². The number of para-hydroxylation sites is 1. The Balaban J connectivity index is 0.660. The van der Waals surface area contributed by atoms with Crippen LogP contribution in [0.3, 0.4) is 0 Å². The molecule has 4 bridgehead atoms. The summed E-state index contributed by atoms with van der Waals surface area (Å²) in [7, 11) is -4.43. The fourth-order valence-electron chi connectivity index (χ4n) is 19.4. The number of carboxylic acid groups (broad SMARTS) is 2. The van der Waals surface area contributed by atoms with Gasteiger partial charge in [0.25, 0.3) is 27.8 Å². The van der Waals surface area contributed by atoms with Gasteiger partial charge in [-0.05, 0) is 159 Å². The molecule has 3 aromatic heterocycles. The average Bonchev–Trinajstić information content (AvgIpc) is 0.864. The van der Waals surface area contributed by atoms with E-state index in [1.807, 2.05) is 52.9 Å². The quantitative estimate of drug-likeness (QED) is 0.0153. The molecule has 9 amide bonds. The summed E-state index contributed by atoms with van der Waals surface area (Å²) in [5, 5.41) is 69.2. The Kier molecular flexibility index (Phi) is 25.5. The molecule has 0 spiro atoms. The molecule has 14 rings (SSSR count). The van der Waals surface area contributed by atoms with E-state index in [0.717, 1.165) is 81.1 Å². The number of pyridine rings is 1. The van der Waals surface area contributed by atoms with Crippen molar-refractivity contribution < 1.29 is 110 Å². The maximum absolute atomic E-state index is 14.5. The van der Waals surface area contributed by atoms with Crippen LogP contribution in [0, 0.1) is 29.1 Å². The number of aliphatic carboxylic acids is 1. The molecule has 6 fully saturated rings. The van der Waals surface area contributed by atoms with Gasteiger partial charge in [0.2, 0.25) is 29.5 Å². The Hall–Kier alpha value is -10.7. The fraction of sp³-hybridized carbons (Fsp3) is 0.512. The normalized spacial score (nSPS) is 25.5. The number of fused-ring (bicyclic) bond motifs is 2. The van der Waals surface area contributed by atoms with Crippen molar-refractivity contribution in [3.63, 3.8) is 0 Å². The number of thiazole rings is 1. The number of imide groups is 1. The van der Waals surface area contributed by atoms with Gasteiger partial charge in [0, 0.05) is 85.8 Å². The van der Waals surface area contributed by atoms with Crippen LogP contribution in [0.15, 0.2) is 91.1 Å². The van der Waals surface area contributed by atoms with E-state index in [4.69, 9.17) is 34.8 Å². The first-order valence-corrected chi connectivity index (χ1v) is 42.2. The van der Waals surface area contributed by atoms with Crippen molar-refractivity contribution >= 4 is 114 Å². The number of rotatable bonds is 34. The van der Waals surface area contributed by atoms with Crippen LogP contribution in [0.2, 0.25) is 0 Å². The number of aryl methyl sites for hydroxylation is 1. The zero-order valence-corrected chi connectivity index (χ0v) is 68.7. The number of nitrogens with one attached hydrogen (secondary N) is 4. The number of aromatic nitrogens is 4. The number of carbonyl (C=O) groups excluding carboxylic acids is 9. The lowest BCUT2D eigenvalue weighted by atomic mass is 9.39. The Labute approximate surface area is 694 Å². The molecule has 12 N–H and O–H groups in total. The largest absolute Gasteiger partial charge is 0.479 e. The van der Waals surface area contributed by atoms with E-state index in [2.05, 4.69) is 40.1 Å². The van der Waals surface area contributed by atoms with E-state index in [9.17, 15) is 91.2 Å². The van der Waals surface area contributed by atoms with Crippen molar-refractivity contribution in [3.05, 3.63) is 130 Å². The zero-order valence-electron chi connectivity index (χ0n) is 67.1. The molecule has 3 unspecified atom stereocenters. The molecular formula is C82H99N13O23S2. The summed E-state index contributed by atoms with van der Waals surface area (Å²) < 4.78 is 58.9. The molecule has 120 heavy (non-hydrogen) atoms. The minimum atomic E-state index is -4.43. The zero-order chi connectivity index (χ0) is 86.2. The summed E-state index contributed by atoms with van der Waals surface area (Å²) in [5.41, 5.74) is 9.88. The number of benzene rings is 3. The standard InChI is InChI=1S/C82H99N13O23S2/c1-44(2)65(89-62(97)34-93-51(36-115-28-29-120(112,113)114)31-57(74(93)106)95-63(98)20-21-64(95)99)73(105)85-45(3)71(103)86-50-16-14-49(48(30-50)15-18-58-67(100)68(101)69(102)70(118-58)76(109)110)35-116-78(111)91(25-23-60(83)96)26-27-117-82-40-79(5)37-80(6,41-82)39-81(38-79,42-82)43-94-46(4)54(32-84-94)52-17-19-61(88-66(52)75(107)108)92-24-22-47-10-9-11-53(55(47)33-92)72(104)90-77-87-56-12-7-8-13-59(56)119-77/h7-14,16-17,19-21,30,32,44-45,51,57-58,65,67-70,100-102H,15,18,22-29,31,33-43H2,1-6H3,(H2,83,96)(H,85,105)(H,86,103)(H,89,97)(H,107,108)(H,109,110)(H,87,90,104)(H,112,113,114)/t45-,51-,57-,58-,65-,67?,68+,69-,70-,79?,80?,81?,82?/m0/s1. The van der Waals surface area contributed by atoms with Crippen LogP contribution in [-0.2, 0) is 100.0 Å². The lowest BCUT2D eigenvalue weighted by molar-refractivity contribution is -0.248. The van der Waals surface area contributed by atoms with E-state index in [-0.39, 0.29) is 85.5 Å². The molecule has 38 heteroatoms. The Morgan fingerprint density at radius 2 is 1.54 bits per heavy atom. The summed E-state index contributed by atoms with van der Waals surface area (Å²) in [6.07, 6.45) is -1.53. The Bertz CT molecular complexity index is 5120. The molecule has 2 saturated heterocycles. The second kappa shape index (κ2) is 35.2. The highest BCUT2D eigenvalue weighted by Gasteiger charge is 2.66. The van der Waals surface area contributed by atoms with Crippen molar-refractivity contribution in [2.45, 2.75) is 192 Å². The van der Waals surface area contributed by atoms with Gasteiger partial charge in [0.1, 0.15) is 48.9 Å². The number of amides is 9. The molecule has 642 valence electrons. The summed E-state index contributed by atoms with van der Waals surface area (Å²) >= 11 is 1.38. The van der Waals surface area contributed by atoms with E-state index < -0.39 is 161 Å². The fourth-order valence-corrected chi connectivity index (χ4v) is 20.6. The highest BCUT2D eigenvalue weighted by Crippen LogP contribution is 2.72. The van der Waals surface area contributed by atoms with Crippen LogP contribution in [0.25, 0.3) is 21.3 Å². The number of nitrogens with zero attached hydrogens (tertiary/aromatic N) is 8. The second-order valence-corrected chi connectivity index (χ2v) is 36.4. The van der Waals surface area contributed by atoms with Crippen LogP contribution in [0.4, 0.5) is 21.4 Å². The SMILES string of the molecule is Cc1c(-c2ccc(N3CCc4cccc(C(=O)Nc5nc6ccccc6s5)c4C3)nc2C(=O)O)cnn1CC12CC3(C)CC(C)(C1)CC(OCCN(CCC(N)=O)C(=O)OCc1ccc(NC(=O)[C@H](C)NC(=O)[C@@H](NC(=O)CN4C(=O)[C@@H](N5C(=O)C=CC5=O)C[C@H]4COCCS(=O)(=O)O)C(C)C)cc1CC[C@@H]1O[C@H](C(=O)O)[C@@H](O)[C@H](O)C1O)(C3)C2. The second-order valence-electron chi connectivity index (χ2n) is 33.7. The van der Waals surface area contributed by atoms with Gasteiger partial charge in [0.15, 0.2) is 16.9 Å². The molecule has 4 aliphatic carbocycles. The molecule has 0 radical (unpaired) electrons. The number of carboxylic acids is 2. The van der Waals surface area contributed by atoms with Crippen LogP contribution in [0.5, 0.6) is 0 Å². The molecule has 36 nitrogen and oxygen atoms in total. The topological polar surface area (TPSA) is 511 Å². The maximum atomic E-state index is 14.5. The number of aromatic carboxylic acids is 1. The maximum Gasteiger partial charge on any atom is 0.410 e. The molecule has 4 saturated carbocycles. The smallest absolute Gasteiger partial charge is 0.410 e. The van der Waals surface area contributed by atoms with E-state index in [0.29, 0.717) is 71.2 Å². The highest BCUT2D eigenvalue weighted by molar-refractivity contribution is 7.85. The van der Waals surface area contributed by atoms with Crippen molar-refractivity contribution in [2.75, 3.05) is 67.3 Å². The summed E-state index contributed by atoms with van der Waals surface area (Å²) in [6.45, 7) is 10.2. The van der Waals surface area contributed by atoms with Crippen LogP contribution < -0.4 is 31.9 Å². The monoisotopic (exact) mass is 1700 g/mol. The minimum absolute atomic E-state index is 0.0265. The molecule has 6 aromatic rings. The van der Waals surface area contributed by atoms with Gasteiger partial charge in [0.05, 0.1) is 66.3 Å². The number of carbonyl (C=O) groups is 11. The number of primary amides is 1. The Morgan fingerprint density at radius 1 is 0.808 bits per heavy atom. The predicted octanol–water partition coefficient (Wildman–Crippen LogP) is 4.28. The lowest BCUT2D eigenvalue weighted by Gasteiger charge is -2.69. The van der Waals surface area contributed by atoms with E-state index >= 15 is 0 Å². The molecular weight excluding hydrogens is 1600 g/mol. The molecule has 4 aliphatic heterocycles. The molecule has 11 atom stereocenters. The van der Waals surface area contributed by atoms with E-state index in [1.54, 1.807) is 38.2 Å². The number of likely N-dealkylation sites (tertiary alicyclic amines) is 1. The Morgan fingerprint density at radius 3 is 2.23 bits per heavy atom. The number of hydrogen-bond donors (Lipinski definition) is 11. The number of ether oxygens (including phenoxy) is 4. The third-order valence-electron chi connectivity index (χ3n) is 23.9. The van der Waals surface area contributed by atoms with Crippen molar-refractivity contribution in [2.24, 2.45) is 27.9 Å². The van der Waals surface area contributed by atoms with Gasteiger partial charge in [-0.15, -0.1) is 0 Å². The van der Waals surface area contributed by atoms with Gasteiger partial charge in [-0.3, -0.25) is 57.8 Å². The third kappa shape index (κ3) is 19.3. The molecule has 7 heterocycles. The predicted molar refractivity (Wildman–Crippen MR) is 431 cm³/mol. The summed E-state index contributed by atoms with van der Waals surface area (Å²) in [4.78, 5) is 161. The number of nitrogens with two attached hydrogens (primary N) is 1. The number of hydrogen-bond acceptors (Lipinski definition) is 25.